The highest BCUT2D eigenvalue weighted by atomic mass is 16.3. The van der Waals surface area contributed by atoms with Gasteiger partial charge in [-0.05, 0) is 11.6 Å². The number of aromatic nitrogens is 4. The summed E-state index contributed by atoms with van der Waals surface area (Å²) in [5.74, 6) is -0.148. The molecule has 1 aromatic carbocycles. The van der Waals surface area contributed by atoms with E-state index >= 15 is 0 Å². The third-order valence-corrected chi connectivity index (χ3v) is 4.52. The van der Waals surface area contributed by atoms with Gasteiger partial charge in [0.2, 0.25) is 0 Å². The van der Waals surface area contributed by atoms with Crippen molar-refractivity contribution in [1.29, 1.82) is 0 Å². The van der Waals surface area contributed by atoms with E-state index in [-0.39, 0.29) is 12.5 Å². The van der Waals surface area contributed by atoms with Crippen molar-refractivity contribution in [2.24, 2.45) is 0 Å². The van der Waals surface area contributed by atoms with Crippen LogP contribution in [0.25, 0.3) is 11.1 Å². The van der Waals surface area contributed by atoms with Crippen LogP contribution in [0.3, 0.4) is 0 Å². The van der Waals surface area contributed by atoms with Crippen LogP contribution >= 0.6 is 0 Å². The van der Waals surface area contributed by atoms with E-state index in [9.17, 15) is 9.90 Å². The molecular formula is C18H17N5O2. The average molecular weight is 335 g/mol. The Labute approximate surface area is 144 Å². The molecule has 126 valence electrons. The van der Waals surface area contributed by atoms with Gasteiger partial charge in [0.25, 0.3) is 5.91 Å². The van der Waals surface area contributed by atoms with Crippen molar-refractivity contribution in [2.45, 2.75) is 12.0 Å². The van der Waals surface area contributed by atoms with Gasteiger partial charge in [0, 0.05) is 30.9 Å². The molecule has 1 fully saturated rings. The van der Waals surface area contributed by atoms with E-state index in [4.69, 9.17) is 0 Å². The summed E-state index contributed by atoms with van der Waals surface area (Å²) in [6.45, 7) is 0.645. The summed E-state index contributed by atoms with van der Waals surface area (Å²) < 4.78 is 0. The van der Waals surface area contributed by atoms with Crippen LogP contribution in [0.4, 0.5) is 0 Å². The van der Waals surface area contributed by atoms with Crippen LogP contribution in [0, 0.1) is 0 Å². The summed E-state index contributed by atoms with van der Waals surface area (Å²) in [5, 5.41) is 20.9. The van der Waals surface area contributed by atoms with Crippen molar-refractivity contribution in [3.8, 4) is 11.1 Å². The fourth-order valence-electron chi connectivity index (χ4n) is 3.13. The van der Waals surface area contributed by atoms with Gasteiger partial charge in [-0.1, -0.05) is 30.3 Å². The molecule has 1 saturated heterocycles. The number of β-amino-alcohol motifs (C(OH)–C–C–N with tert-alkyl or cyclic N) is 1. The van der Waals surface area contributed by atoms with Crippen molar-refractivity contribution < 1.29 is 9.90 Å². The molecule has 0 spiro atoms. The van der Waals surface area contributed by atoms with Gasteiger partial charge in [0.15, 0.2) is 0 Å². The highest BCUT2D eigenvalue weighted by molar-refractivity contribution is 5.95. The zero-order valence-electron chi connectivity index (χ0n) is 13.5. The Morgan fingerprint density at radius 2 is 2.00 bits per heavy atom. The minimum absolute atomic E-state index is 0.148. The number of carbonyl (C=O) groups excluding carboxylic acids is 1. The van der Waals surface area contributed by atoms with E-state index in [0.29, 0.717) is 24.2 Å². The Morgan fingerprint density at radius 3 is 2.76 bits per heavy atom. The van der Waals surface area contributed by atoms with Crippen LogP contribution < -0.4 is 0 Å². The fourth-order valence-corrected chi connectivity index (χ4v) is 3.13. The van der Waals surface area contributed by atoms with Gasteiger partial charge in [-0.3, -0.25) is 9.78 Å². The number of likely N-dealkylation sites (tertiary alicyclic amines) is 1. The third-order valence-electron chi connectivity index (χ3n) is 4.52. The summed E-state index contributed by atoms with van der Waals surface area (Å²) in [7, 11) is 0. The van der Waals surface area contributed by atoms with Gasteiger partial charge in [0.05, 0.1) is 18.3 Å². The number of hydrogen-bond donors (Lipinski definition) is 2. The van der Waals surface area contributed by atoms with Crippen LogP contribution in [0.15, 0.2) is 55.0 Å². The Balaban J connectivity index is 1.56. The predicted molar refractivity (Wildman–Crippen MR) is 90.5 cm³/mol. The van der Waals surface area contributed by atoms with Gasteiger partial charge >= 0.3 is 0 Å². The van der Waals surface area contributed by atoms with Crippen LogP contribution in [0.5, 0.6) is 0 Å². The number of benzene rings is 1. The van der Waals surface area contributed by atoms with Gasteiger partial charge < -0.3 is 10.0 Å². The number of aliphatic hydroxyl groups is 1. The zero-order valence-corrected chi connectivity index (χ0v) is 13.5. The summed E-state index contributed by atoms with van der Waals surface area (Å²) >= 11 is 0. The molecule has 0 bridgehead atoms. The SMILES string of the molecule is O=C(c1cncc(-c2ccccc2)c1)N1CCC(O)(c2cn[nH]n2)C1. The molecular weight excluding hydrogens is 318 g/mol. The summed E-state index contributed by atoms with van der Waals surface area (Å²) in [6.07, 6.45) is 5.21. The van der Waals surface area contributed by atoms with Crippen molar-refractivity contribution in [3.05, 3.63) is 66.2 Å². The standard InChI is InChI=1S/C18H17N5O2/c24-17(23-7-6-18(25,12-23)16-11-20-22-21-16)15-8-14(9-19-10-15)13-4-2-1-3-5-13/h1-5,8-11,25H,6-7,12H2,(H,20,21,22). The van der Waals surface area contributed by atoms with Gasteiger partial charge in [0.1, 0.15) is 11.3 Å². The van der Waals surface area contributed by atoms with Crippen LogP contribution in [0.2, 0.25) is 0 Å². The molecule has 0 saturated carbocycles. The van der Waals surface area contributed by atoms with Gasteiger partial charge in [-0.25, -0.2) is 0 Å². The lowest BCUT2D eigenvalue weighted by Gasteiger charge is -2.21. The molecule has 2 aromatic heterocycles. The van der Waals surface area contributed by atoms with Crippen molar-refractivity contribution in [2.75, 3.05) is 13.1 Å². The number of amides is 1. The number of aromatic amines is 1. The lowest BCUT2D eigenvalue weighted by atomic mass is 10.00. The van der Waals surface area contributed by atoms with E-state index < -0.39 is 5.60 Å². The minimum atomic E-state index is -1.16. The maximum Gasteiger partial charge on any atom is 0.255 e. The molecule has 1 aliphatic heterocycles. The van der Waals surface area contributed by atoms with E-state index in [1.807, 2.05) is 36.4 Å². The van der Waals surface area contributed by atoms with E-state index in [1.165, 1.54) is 6.20 Å². The Bertz CT molecular complexity index is 882. The molecule has 7 nitrogen and oxygen atoms in total. The first-order valence-electron chi connectivity index (χ1n) is 8.04. The number of nitrogens with zero attached hydrogens (tertiary/aromatic N) is 4. The average Bonchev–Trinajstić information content (AvgIpc) is 3.33. The number of hydrogen-bond acceptors (Lipinski definition) is 5. The molecule has 1 aliphatic rings. The van der Waals surface area contributed by atoms with Crippen LogP contribution in [-0.4, -0.2) is 49.4 Å². The predicted octanol–water partition coefficient (Wildman–Crippen LogP) is 1.60. The topological polar surface area (TPSA) is 95.0 Å². The first-order valence-corrected chi connectivity index (χ1v) is 8.04. The van der Waals surface area contributed by atoms with Crippen LogP contribution in [0.1, 0.15) is 22.5 Å². The van der Waals surface area contributed by atoms with E-state index in [2.05, 4.69) is 20.4 Å². The molecule has 25 heavy (non-hydrogen) atoms. The maximum atomic E-state index is 12.8. The molecule has 0 aliphatic carbocycles. The molecule has 3 aromatic rings. The number of pyridine rings is 1. The number of rotatable bonds is 3. The maximum absolute atomic E-state index is 12.8. The lowest BCUT2D eigenvalue weighted by molar-refractivity contribution is 0.0382. The smallest absolute Gasteiger partial charge is 0.255 e. The second kappa shape index (κ2) is 6.10. The van der Waals surface area contributed by atoms with Crippen molar-refractivity contribution >= 4 is 5.91 Å². The highest BCUT2D eigenvalue weighted by Crippen LogP contribution is 2.31. The van der Waals surface area contributed by atoms with Crippen LogP contribution in [-0.2, 0) is 5.60 Å². The van der Waals surface area contributed by atoms with E-state index in [0.717, 1.165) is 11.1 Å². The normalized spacial score (nSPS) is 20.0. The van der Waals surface area contributed by atoms with E-state index in [1.54, 1.807) is 17.3 Å². The largest absolute Gasteiger partial charge is 0.381 e. The zero-order chi connectivity index (χ0) is 17.3. The Hall–Kier alpha value is -3.06. The second-order valence-electron chi connectivity index (χ2n) is 6.19. The number of carbonyl (C=O) groups is 1. The quantitative estimate of drug-likeness (QED) is 0.758. The molecule has 7 heteroatoms. The van der Waals surface area contributed by atoms with Crippen molar-refractivity contribution in [3.63, 3.8) is 0 Å². The third kappa shape index (κ3) is 2.89. The fraction of sp³-hybridized carbons (Fsp3) is 0.222. The van der Waals surface area contributed by atoms with Crippen molar-refractivity contribution in [1.82, 2.24) is 25.3 Å². The molecule has 1 atom stereocenters. The minimum Gasteiger partial charge on any atom is -0.381 e. The molecule has 2 N–H and O–H groups in total. The molecule has 4 rings (SSSR count). The summed E-state index contributed by atoms with van der Waals surface area (Å²) in [6, 6.07) is 11.6. The Morgan fingerprint density at radius 1 is 1.16 bits per heavy atom. The first-order chi connectivity index (χ1) is 12.2. The molecule has 3 heterocycles. The Kier molecular flexibility index (Phi) is 3.77. The highest BCUT2D eigenvalue weighted by Gasteiger charge is 2.41. The molecule has 1 amide bonds. The summed E-state index contributed by atoms with van der Waals surface area (Å²) in [5.41, 5.74) is 1.69. The monoisotopic (exact) mass is 335 g/mol. The number of nitrogens with one attached hydrogen (secondary N) is 1. The molecule has 0 radical (unpaired) electrons. The lowest BCUT2D eigenvalue weighted by Crippen LogP contribution is -2.34. The second-order valence-corrected chi connectivity index (χ2v) is 6.19. The first kappa shape index (κ1) is 15.5. The molecule has 1 unspecified atom stereocenters. The van der Waals surface area contributed by atoms with Gasteiger partial charge in [-0.15, -0.1) is 0 Å². The van der Waals surface area contributed by atoms with Gasteiger partial charge in [-0.2, -0.15) is 15.4 Å². The summed E-state index contributed by atoms with van der Waals surface area (Å²) in [4.78, 5) is 18.6. The number of H-pyrrole nitrogens is 1.